The maximum absolute atomic E-state index is 8.67. The van der Waals surface area contributed by atoms with Crippen LogP contribution in [0, 0.1) is 0 Å². The Kier molecular flexibility index (Phi) is 4.85. The number of thioether (sulfide) groups is 1. The zero-order chi connectivity index (χ0) is 7.98. The molecule has 0 aliphatic heterocycles. The van der Waals surface area contributed by atoms with Crippen molar-refractivity contribution in [2.45, 2.75) is 6.92 Å². The molecule has 1 N–H and O–H groups in total. The molecule has 0 aliphatic carbocycles. The lowest BCUT2D eigenvalue weighted by atomic mass is 10.4. The Morgan fingerprint density at radius 3 is 2.40 bits per heavy atom. The second-order valence-corrected chi connectivity index (χ2v) is 2.60. The molecule has 0 aromatic heterocycles. The second kappa shape index (κ2) is 5.18. The Bertz CT molecular complexity index is 168. The van der Waals surface area contributed by atoms with Gasteiger partial charge in [0.1, 0.15) is 5.76 Å². The lowest BCUT2D eigenvalue weighted by molar-refractivity contribution is 0.435. The number of rotatable bonds is 3. The second-order valence-electron chi connectivity index (χ2n) is 1.72. The number of allylic oxidation sites excluding steroid dienone is 3. The molecular weight excluding hydrogens is 144 g/mol. The van der Waals surface area contributed by atoms with Crippen LogP contribution in [-0.4, -0.2) is 11.4 Å². The smallest absolute Gasteiger partial charge is 0.108 e. The minimum absolute atomic E-state index is 0.0911. The molecular formula is C8H12OS. The van der Waals surface area contributed by atoms with Gasteiger partial charge in [0.25, 0.3) is 0 Å². The minimum Gasteiger partial charge on any atom is -0.509 e. The average molecular weight is 156 g/mol. The van der Waals surface area contributed by atoms with Gasteiger partial charge >= 0.3 is 0 Å². The highest BCUT2D eigenvalue weighted by atomic mass is 32.2. The molecule has 0 bridgehead atoms. The third kappa shape index (κ3) is 4.27. The van der Waals surface area contributed by atoms with E-state index in [1.54, 1.807) is 17.8 Å². The van der Waals surface area contributed by atoms with Crippen molar-refractivity contribution in [1.29, 1.82) is 0 Å². The molecule has 0 saturated carbocycles. The van der Waals surface area contributed by atoms with Crippen molar-refractivity contribution in [2.75, 3.05) is 6.26 Å². The maximum Gasteiger partial charge on any atom is 0.108 e. The molecule has 0 amide bonds. The summed E-state index contributed by atoms with van der Waals surface area (Å²) in [6, 6.07) is 0. The molecule has 0 saturated heterocycles. The maximum atomic E-state index is 8.67. The predicted molar refractivity (Wildman–Crippen MR) is 48.2 cm³/mol. The first-order valence-corrected chi connectivity index (χ1v) is 4.19. The molecule has 0 fully saturated rings. The zero-order valence-electron chi connectivity index (χ0n) is 6.29. The van der Waals surface area contributed by atoms with Gasteiger partial charge in [-0.3, -0.25) is 0 Å². The van der Waals surface area contributed by atoms with Crippen molar-refractivity contribution in [3.8, 4) is 0 Å². The topological polar surface area (TPSA) is 20.2 Å². The van der Waals surface area contributed by atoms with Crippen molar-refractivity contribution in [3.05, 3.63) is 35.5 Å². The van der Waals surface area contributed by atoms with E-state index in [-0.39, 0.29) is 5.76 Å². The van der Waals surface area contributed by atoms with Gasteiger partial charge in [-0.1, -0.05) is 12.7 Å². The monoisotopic (exact) mass is 156 g/mol. The van der Waals surface area contributed by atoms with Crippen LogP contribution in [-0.2, 0) is 0 Å². The van der Waals surface area contributed by atoms with Gasteiger partial charge < -0.3 is 5.11 Å². The zero-order valence-corrected chi connectivity index (χ0v) is 7.11. The van der Waals surface area contributed by atoms with Gasteiger partial charge in [-0.25, -0.2) is 0 Å². The van der Waals surface area contributed by atoms with Crippen LogP contribution < -0.4 is 0 Å². The van der Waals surface area contributed by atoms with Crippen LogP contribution in [0.25, 0.3) is 0 Å². The first-order chi connectivity index (χ1) is 4.70. The summed E-state index contributed by atoms with van der Waals surface area (Å²) in [6.07, 6.45) is 7.36. The van der Waals surface area contributed by atoms with E-state index >= 15 is 0 Å². The fraction of sp³-hybridized carbons (Fsp3) is 0.250. The Morgan fingerprint density at radius 1 is 1.50 bits per heavy atom. The van der Waals surface area contributed by atoms with Gasteiger partial charge in [-0.2, -0.15) is 0 Å². The van der Waals surface area contributed by atoms with Crippen molar-refractivity contribution < 1.29 is 5.11 Å². The van der Waals surface area contributed by atoms with Gasteiger partial charge in [0, 0.05) is 4.91 Å². The predicted octanol–water partition coefficient (Wildman–Crippen LogP) is 2.88. The summed E-state index contributed by atoms with van der Waals surface area (Å²) in [5.41, 5.74) is 0. The molecule has 10 heavy (non-hydrogen) atoms. The van der Waals surface area contributed by atoms with Gasteiger partial charge in [0.15, 0.2) is 0 Å². The van der Waals surface area contributed by atoms with Crippen LogP contribution in [0.4, 0.5) is 0 Å². The SMILES string of the molecule is C=C(O)/C=C\C(=C/C)SC. The standard InChI is InChI=1S/C8H12OS/c1-4-8(10-3)6-5-7(2)9/h4-6,9H,2H2,1,3H3/b6-5-,8-4+. The quantitative estimate of drug-likeness (QED) is 0.501. The molecule has 56 valence electrons. The van der Waals surface area contributed by atoms with Gasteiger partial charge in [-0.05, 0) is 25.3 Å². The summed E-state index contributed by atoms with van der Waals surface area (Å²) in [6.45, 7) is 5.28. The first kappa shape index (κ1) is 9.37. The lowest BCUT2D eigenvalue weighted by Gasteiger charge is -1.92. The Labute approximate surface area is 66.1 Å². The van der Waals surface area contributed by atoms with Crippen LogP contribution in [0.1, 0.15) is 6.92 Å². The molecule has 0 unspecified atom stereocenters. The molecule has 0 aliphatic rings. The summed E-state index contributed by atoms with van der Waals surface area (Å²) in [5, 5.41) is 8.67. The Balaban J connectivity index is 3.98. The van der Waals surface area contributed by atoms with E-state index in [4.69, 9.17) is 5.11 Å². The third-order valence-corrected chi connectivity index (χ3v) is 1.80. The fourth-order valence-corrected chi connectivity index (χ4v) is 0.900. The first-order valence-electron chi connectivity index (χ1n) is 2.97. The van der Waals surface area contributed by atoms with Gasteiger partial charge in [-0.15, -0.1) is 11.8 Å². The number of aliphatic hydroxyl groups excluding tert-OH is 1. The van der Waals surface area contributed by atoms with E-state index < -0.39 is 0 Å². The fourth-order valence-electron chi connectivity index (χ4n) is 0.460. The van der Waals surface area contributed by atoms with Crippen LogP contribution >= 0.6 is 11.8 Å². The number of aliphatic hydroxyl groups is 1. The molecule has 0 radical (unpaired) electrons. The molecule has 0 aromatic carbocycles. The van der Waals surface area contributed by atoms with Crippen LogP contribution in [0.15, 0.2) is 35.5 Å². The summed E-state index contributed by atoms with van der Waals surface area (Å²) < 4.78 is 0. The largest absolute Gasteiger partial charge is 0.509 e. The minimum atomic E-state index is 0.0911. The molecule has 1 nitrogen and oxygen atoms in total. The van der Waals surface area contributed by atoms with Crippen LogP contribution in [0.5, 0.6) is 0 Å². The molecule has 0 spiro atoms. The highest BCUT2D eigenvalue weighted by Gasteiger charge is 1.84. The molecule has 0 heterocycles. The van der Waals surface area contributed by atoms with Crippen molar-refractivity contribution in [2.24, 2.45) is 0 Å². The van der Waals surface area contributed by atoms with E-state index in [1.807, 2.05) is 25.3 Å². The lowest BCUT2D eigenvalue weighted by Crippen LogP contribution is -1.70. The van der Waals surface area contributed by atoms with Gasteiger partial charge in [0.2, 0.25) is 0 Å². The van der Waals surface area contributed by atoms with E-state index in [0.717, 1.165) is 4.91 Å². The van der Waals surface area contributed by atoms with E-state index in [0.29, 0.717) is 0 Å². The number of hydrogen-bond acceptors (Lipinski definition) is 2. The normalized spacial score (nSPS) is 12.4. The van der Waals surface area contributed by atoms with Gasteiger partial charge in [0.05, 0.1) is 0 Å². The summed E-state index contributed by atoms with van der Waals surface area (Å²) in [4.78, 5) is 1.12. The summed E-state index contributed by atoms with van der Waals surface area (Å²) in [7, 11) is 0. The van der Waals surface area contributed by atoms with Crippen molar-refractivity contribution in [1.82, 2.24) is 0 Å². The highest BCUT2D eigenvalue weighted by Crippen LogP contribution is 2.12. The van der Waals surface area contributed by atoms with Crippen LogP contribution in [0.3, 0.4) is 0 Å². The molecule has 2 heteroatoms. The Morgan fingerprint density at radius 2 is 2.10 bits per heavy atom. The van der Waals surface area contributed by atoms with E-state index in [1.165, 1.54) is 0 Å². The summed E-state index contributed by atoms with van der Waals surface area (Å²) in [5.74, 6) is 0.0911. The third-order valence-electron chi connectivity index (χ3n) is 0.960. The van der Waals surface area contributed by atoms with Crippen molar-refractivity contribution in [3.63, 3.8) is 0 Å². The highest BCUT2D eigenvalue weighted by molar-refractivity contribution is 8.02. The summed E-state index contributed by atoms with van der Waals surface area (Å²) >= 11 is 1.63. The van der Waals surface area contributed by atoms with E-state index in [2.05, 4.69) is 6.58 Å². The Hall–Kier alpha value is -0.630. The van der Waals surface area contributed by atoms with E-state index in [9.17, 15) is 0 Å². The number of hydrogen-bond donors (Lipinski definition) is 1. The van der Waals surface area contributed by atoms with Crippen molar-refractivity contribution >= 4 is 11.8 Å². The molecule has 0 atom stereocenters. The molecule has 0 rings (SSSR count). The van der Waals surface area contributed by atoms with Crippen LogP contribution in [0.2, 0.25) is 0 Å². The molecule has 0 aromatic rings. The average Bonchev–Trinajstić information content (AvgIpc) is 1.90.